The van der Waals surface area contributed by atoms with Crippen LogP contribution < -0.4 is 0 Å². The molecule has 0 aromatic heterocycles. The topological polar surface area (TPSA) is 17.1 Å². The molecule has 0 heterocycles. The highest BCUT2D eigenvalue weighted by molar-refractivity contribution is 5.84. The predicted octanol–water partition coefficient (Wildman–Crippen LogP) is 3.68. The molecule has 0 radical (unpaired) electrons. The van der Waals surface area contributed by atoms with Crippen molar-refractivity contribution in [2.75, 3.05) is 0 Å². The van der Waals surface area contributed by atoms with E-state index in [9.17, 15) is 4.79 Å². The highest BCUT2D eigenvalue weighted by Gasteiger charge is 2.20. The van der Waals surface area contributed by atoms with Crippen LogP contribution in [-0.4, -0.2) is 5.78 Å². The number of carbonyl (C=O) groups is 1. The molecule has 1 atom stereocenters. The van der Waals surface area contributed by atoms with Crippen LogP contribution in [0.15, 0.2) is 36.5 Å². The van der Waals surface area contributed by atoms with E-state index < -0.39 is 0 Å². The highest BCUT2D eigenvalue weighted by atomic mass is 16.1. The fraction of sp³-hybridized carbons (Fsp3) is 0.462. The van der Waals surface area contributed by atoms with Gasteiger partial charge >= 0.3 is 0 Å². The largest absolute Gasteiger partial charge is 0.299 e. The van der Waals surface area contributed by atoms with Gasteiger partial charge in [0.05, 0.1) is 0 Å². The molecule has 1 heteroatoms. The van der Waals surface area contributed by atoms with E-state index >= 15 is 0 Å². The van der Waals surface area contributed by atoms with Crippen LogP contribution in [0.3, 0.4) is 0 Å². The first-order chi connectivity index (χ1) is 6.69. The first kappa shape index (κ1) is 12.9. The molecule has 0 saturated heterocycles. The molecule has 0 saturated carbocycles. The number of Topliss-reactive ketones (excluding diaryl/α,β-unsaturated/α-hetero) is 1. The number of hydrogen-bond donors (Lipinski definition) is 0. The normalized spacial score (nSPS) is 21.1. The van der Waals surface area contributed by atoms with Crippen LogP contribution in [0.5, 0.6) is 0 Å². The van der Waals surface area contributed by atoms with Crippen LogP contribution in [0.1, 0.15) is 33.6 Å². The van der Waals surface area contributed by atoms with Crippen LogP contribution >= 0.6 is 0 Å². The second kappa shape index (κ2) is 6.36. The van der Waals surface area contributed by atoms with E-state index in [-0.39, 0.29) is 0 Å². The Morgan fingerprint density at radius 1 is 1.29 bits per heavy atom. The van der Waals surface area contributed by atoms with Crippen LogP contribution in [0.25, 0.3) is 0 Å². The van der Waals surface area contributed by atoms with Gasteiger partial charge in [-0.2, -0.15) is 0 Å². The van der Waals surface area contributed by atoms with Crippen molar-refractivity contribution in [2.45, 2.75) is 33.6 Å². The fourth-order valence-electron chi connectivity index (χ4n) is 1.68. The monoisotopic (exact) mass is 192 g/mol. The lowest BCUT2D eigenvalue weighted by Gasteiger charge is -2.21. The second-order valence-corrected chi connectivity index (χ2v) is 3.21. The van der Waals surface area contributed by atoms with E-state index in [4.69, 9.17) is 0 Å². The third-order valence-corrected chi connectivity index (χ3v) is 2.29. The Bertz CT molecular complexity index is 258. The summed E-state index contributed by atoms with van der Waals surface area (Å²) in [6, 6.07) is 0. The molecule has 0 aliphatic heterocycles. The fourth-order valence-corrected chi connectivity index (χ4v) is 1.68. The minimum absolute atomic E-state index is 0.308. The zero-order chi connectivity index (χ0) is 11.1. The maximum absolute atomic E-state index is 11.2. The number of hydrogen-bond acceptors (Lipinski definition) is 1. The van der Waals surface area contributed by atoms with Crippen LogP contribution in [-0.2, 0) is 4.79 Å². The molecule has 0 fully saturated rings. The molecule has 78 valence electrons. The molecule has 1 aliphatic carbocycles. The minimum atomic E-state index is 0.308. The van der Waals surface area contributed by atoms with E-state index in [1.54, 1.807) is 6.08 Å². The van der Waals surface area contributed by atoms with Gasteiger partial charge in [0.25, 0.3) is 0 Å². The van der Waals surface area contributed by atoms with Gasteiger partial charge in [0.1, 0.15) is 5.78 Å². The van der Waals surface area contributed by atoms with Crippen molar-refractivity contribution < 1.29 is 4.79 Å². The lowest BCUT2D eigenvalue weighted by molar-refractivity contribution is -0.119. The lowest BCUT2D eigenvalue weighted by Crippen LogP contribution is -2.15. The molecule has 14 heavy (non-hydrogen) atoms. The number of allylic oxidation sites excluding steroid dienone is 4. The van der Waals surface area contributed by atoms with Gasteiger partial charge in [-0.05, 0) is 17.1 Å². The van der Waals surface area contributed by atoms with E-state index in [2.05, 4.69) is 20.1 Å². The Morgan fingerprint density at radius 2 is 1.86 bits per heavy atom. The summed E-state index contributed by atoms with van der Waals surface area (Å²) in [5.74, 6) is 0.625. The van der Waals surface area contributed by atoms with Crippen molar-refractivity contribution in [3.8, 4) is 0 Å². The van der Waals surface area contributed by atoms with Crippen molar-refractivity contribution in [2.24, 2.45) is 5.92 Å². The zero-order valence-corrected chi connectivity index (χ0v) is 9.47. The molecule has 1 rings (SSSR count). The van der Waals surface area contributed by atoms with Gasteiger partial charge in [0.15, 0.2) is 0 Å². The summed E-state index contributed by atoms with van der Waals surface area (Å²) in [4.78, 5) is 11.2. The Balaban J connectivity index is 0.000000791. The van der Waals surface area contributed by atoms with Gasteiger partial charge < -0.3 is 0 Å². The van der Waals surface area contributed by atoms with Crippen molar-refractivity contribution in [3.05, 3.63) is 36.5 Å². The summed E-state index contributed by atoms with van der Waals surface area (Å²) in [6.07, 6.45) is 4.80. The number of carbonyl (C=O) groups excluding carboxylic acids is 1. The van der Waals surface area contributed by atoms with E-state index in [1.807, 2.05) is 19.9 Å². The third kappa shape index (κ3) is 2.99. The molecule has 0 aromatic rings. The maximum atomic E-state index is 11.2. The average Bonchev–Trinajstić information content (AvgIpc) is 2.19. The van der Waals surface area contributed by atoms with Crippen molar-refractivity contribution in [1.82, 2.24) is 0 Å². The van der Waals surface area contributed by atoms with Crippen molar-refractivity contribution in [1.29, 1.82) is 0 Å². The summed E-state index contributed by atoms with van der Waals surface area (Å²) in [5.41, 5.74) is 2.23. The van der Waals surface area contributed by atoms with Gasteiger partial charge in [-0.3, -0.25) is 4.79 Å². The lowest BCUT2D eigenvalue weighted by atomic mass is 9.83. The van der Waals surface area contributed by atoms with Gasteiger partial charge in [0, 0.05) is 12.8 Å². The zero-order valence-electron chi connectivity index (χ0n) is 9.47. The van der Waals surface area contributed by atoms with Crippen molar-refractivity contribution >= 4 is 5.78 Å². The standard InChI is InChI=1S/C11H14O.C2H6/c1-4-9-7-10(12)6-8(3)11(9)5-2;1-2/h4-5,8H,1-2,6-7H2,3H3;1-2H3. The van der Waals surface area contributed by atoms with Gasteiger partial charge in [-0.25, -0.2) is 0 Å². The Kier molecular flexibility index (Phi) is 5.86. The molecule has 0 aromatic carbocycles. The third-order valence-electron chi connectivity index (χ3n) is 2.29. The summed E-state index contributed by atoms with van der Waals surface area (Å²) in [5, 5.41) is 0. The first-order valence-corrected chi connectivity index (χ1v) is 5.18. The van der Waals surface area contributed by atoms with Gasteiger partial charge in [0.2, 0.25) is 0 Å². The molecule has 0 N–H and O–H groups in total. The van der Waals surface area contributed by atoms with E-state index in [1.165, 1.54) is 5.57 Å². The number of rotatable bonds is 2. The average molecular weight is 192 g/mol. The predicted molar refractivity (Wildman–Crippen MR) is 62.2 cm³/mol. The van der Waals surface area contributed by atoms with Crippen LogP contribution in [0.2, 0.25) is 0 Å². The molecule has 1 aliphatic rings. The number of ketones is 1. The molecule has 1 unspecified atom stereocenters. The van der Waals surface area contributed by atoms with E-state index in [0.717, 1.165) is 5.57 Å². The SMILES string of the molecule is C=CC1=C(C=C)C(C)CC(=O)C1.CC. The maximum Gasteiger partial charge on any atom is 0.137 e. The molecule has 0 amide bonds. The van der Waals surface area contributed by atoms with E-state index in [0.29, 0.717) is 24.5 Å². The highest BCUT2D eigenvalue weighted by Crippen LogP contribution is 2.28. The molecular weight excluding hydrogens is 172 g/mol. The smallest absolute Gasteiger partial charge is 0.137 e. The van der Waals surface area contributed by atoms with Gasteiger partial charge in [-0.15, -0.1) is 0 Å². The Morgan fingerprint density at radius 3 is 2.29 bits per heavy atom. The van der Waals surface area contributed by atoms with Crippen LogP contribution in [0.4, 0.5) is 0 Å². The summed E-state index contributed by atoms with van der Waals surface area (Å²) in [7, 11) is 0. The quantitative estimate of drug-likeness (QED) is 0.652. The Hall–Kier alpha value is -1.11. The summed E-state index contributed by atoms with van der Waals surface area (Å²) in [6.45, 7) is 13.5. The Labute approximate surface area is 87.2 Å². The van der Waals surface area contributed by atoms with Crippen LogP contribution in [0, 0.1) is 5.92 Å². The summed E-state index contributed by atoms with van der Waals surface area (Å²) >= 11 is 0. The molecular formula is C13H20O. The van der Waals surface area contributed by atoms with Crippen molar-refractivity contribution in [3.63, 3.8) is 0 Å². The molecule has 0 spiro atoms. The minimum Gasteiger partial charge on any atom is -0.299 e. The molecule has 0 bridgehead atoms. The summed E-state index contributed by atoms with van der Waals surface area (Å²) < 4.78 is 0. The van der Waals surface area contributed by atoms with Gasteiger partial charge in [-0.1, -0.05) is 46.1 Å². The molecule has 1 nitrogen and oxygen atoms in total. The second-order valence-electron chi connectivity index (χ2n) is 3.21. The first-order valence-electron chi connectivity index (χ1n) is 5.18.